The van der Waals surface area contributed by atoms with Crippen LogP contribution in [-0.2, 0) is 6.54 Å². The van der Waals surface area contributed by atoms with Crippen molar-refractivity contribution in [3.05, 3.63) is 79.4 Å². The second-order valence-electron chi connectivity index (χ2n) is 6.65. The minimum Gasteiger partial charge on any atom is -0.296 e. The molecule has 1 aromatic heterocycles. The van der Waals surface area contributed by atoms with Crippen molar-refractivity contribution in [1.82, 2.24) is 14.7 Å². The Labute approximate surface area is 168 Å². The van der Waals surface area contributed by atoms with Crippen molar-refractivity contribution in [3.63, 3.8) is 0 Å². The monoisotopic (exact) mass is 381 g/mol. The number of rotatable bonds is 9. The molecule has 0 saturated carbocycles. The molecular weight excluding hydrogens is 354 g/mol. The molecule has 1 heterocycles. The first-order valence-electron chi connectivity index (χ1n) is 9.19. The summed E-state index contributed by atoms with van der Waals surface area (Å²) < 4.78 is 2.15. The molecular formula is C23H28ClN3. The molecule has 27 heavy (non-hydrogen) atoms. The van der Waals surface area contributed by atoms with E-state index in [1.807, 2.05) is 18.2 Å². The average molecular weight is 382 g/mol. The van der Waals surface area contributed by atoms with Gasteiger partial charge in [0, 0.05) is 37.1 Å². The molecule has 0 aliphatic carbocycles. The average Bonchev–Trinajstić information content (AvgIpc) is 3.00. The lowest BCUT2D eigenvalue weighted by Crippen LogP contribution is -2.26. The summed E-state index contributed by atoms with van der Waals surface area (Å²) in [7, 11) is 0. The third kappa shape index (κ3) is 5.09. The molecule has 0 N–H and O–H groups in total. The van der Waals surface area contributed by atoms with Gasteiger partial charge in [-0.25, -0.2) is 0 Å². The molecule has 3 rings (SSSR count). The SMILES string of the molecule is C=CCN(CC=C)CCCn1nc(-c2ccccc2)c2cc(C)ccc21.Cl. The van der Waals surface area contributed by atoms with Crippen molar-refractivity contribution in [2.24, 2.45) is 0 Å². The van der Waals surface area contributed by atoms with Crippen LogP contribution >= 0.6 is 12.4 Å². The zero-order chi connectivity index (χ0) is 18.4. The van der Waals surface area contributed by atoms with Gasteiger partial charge in [-0.15, -0.1) is 25.6 Å². The summed E-state index contributed by atoms with van der Waals surface area (Å²) in [5.74, 6) is 0. The van der Waals surface area contributed by atoms with Crippen molar-refractivity contribution in [2.75, 3.05) is 19.6 Å². The maximum atomic E-state index is 4.95. The van der Waals surface area contributed by atoms with Crippen molar-refractivity contribution in [2.45, 2.75) is 19.9 Å². The van der Waals surface area contributed by atoms with Crippen LogP contribution in [0.15, 0.2) is 73.8 Å². The van der Waals surface area contributed by atoms with Crippen LogP contribution in [-0.4, -0.2) is 34.3 Å². The van der Waals surface area contributed by atoms with E-state index in [-0.39, 0.29) is 12.4 Å². The Balaban J connectivity index is 0.00000261. The Morgan fingerprint density at radius 1 is 1.04 bits per heavy atom. The lowest BCUT2D eigenvalue weighted by atomic mass is 10.1. The summed E-state index contributed by atoms with van der Waals surface area (Å²) in [6.07, 6.45) is 4.94. The van der Waals surface area contributed by atoms with Gasteiger partial charge in [-0.3, -0.25) is 9.58 Å². The molecule has 0 saturated heterocycles. The predicted molar refractivity (Wildman–Crippen MR) is 119 cm³/mol. The van der Waals surface area contributed by atoms with E-state index in [1.54, 1.807) is 0 Å². The van der Waals surface area contributed by atoms with Gasteiger partial charge >= 0.3 is 0 Å². The van der Waals surface area contributed by atoms with Crippen molar-refractivity contribution in [3.8, 4) is 11.3 Å². The van der Waals surface area contributed by atoms with E-state index >= 15 is 0 Å². The minimum atomic E-state index is 0. The van der Waals surface area contributed by atoms with Gasteiger partial charge in [0.15, 0.2) is 0 Å². The maximum Gasteiger partial charge on any atom is 0.100 e. The number of hydrogen-bond donors (Lipinski definition) is 0. The number of fused-ring (bicyclic) bond motifs is 1. The van der Waals surface area contributed by atoms with Crippen molar-refractivity contribution >= 4 is 23.3 Å². The summed E-state index contributed by atoms with van der Waals surface area (Å²) in [5, 5.41) is 6.17. The molecule has 0 atom stereocenters. The second kappa shape index (κ2) is 10.1. The molecule has 0 radical (unpaired) electrons. The van der Waals surface area contributed by atoms with Crippen LogP contribution in [0, 0.1) is 6.92 Å². The van der Waals surface area contributed by atoms with Crippen molar-refractivity contribution in [1.29, 1.82) is 0 Å². The number of aromatic nitrogens is 2. The molecule has 0 aliphatic rings. The van der Waals surface area contributed by atoms with Crippen LogP contribution in [0.3, 0.4) is 0 Å². The standard InChI is InChI=1S/C23H27N3.ClH/c1-4-14-25(15-5-2)16-9-17-26-22-13-12-19(3)18-21(22)23(24-26)20-10-7-6-8-11-20;/h4-8,10-13,18H,1-2,9,14-17H2,3H3;1H. The van der Waals surface area contributed by atoms with E-state index in [1.165, 1.54) is 22.0 Å². The van der Waals surface area contributed by atoms with Crippen LogP contribution in [0.4, 0.5) is 0 Å². The Kier molecular flexibility index (Phi) is 7.83. The molecule has 0 spiro atoms. The van der Waals surface area contributed by atoms with Gasteiger partial charge in [0.2, 0.25) is 0 Å². The zero-order valence-electron chi connectivity index (χ0n) is 16.0. The second-order valence-corrected chi connectivity index (χ2v) is 6.65. The van der Waals surface area contributed by atoms with Gasteiger partial charge in [0.1, 0.15) is 5.69 Å². The fraction of sp³-hybridized carbons (Fsp3) is 0.261. The molecule has 0 fully saturated rings. The summed E-state index contributed by atoms with van der Waals surface area (Å²) in [6, 6.07) is 17.0. The first kappa shape index (κ1) is 20.9. The van der Waals surface area contributed by atoms with Crippen LogP contribution in [0.1, 0.15) is 12.0 Å². The molecule has 0 aliphatic heterocycles. The van der Waals surface area contributed by atoms with Crippen LogP contribution in [0.25, 0.3) is 22.2 Å². The molecule has 0 bridgehead atoms. The fourth-order valence-electron chi connectivity index (χ4n) is 3.34. The molecule has 3 aromatic rings. The lowest BCUT2D eigenvalue weighted by Gasteiger charge is -2.18. The van der Waals surface area contributed by atoms with Gasteiger partial charge in [0.05, 0.1) is 5.52 Å². The highest BCUT2D eigenvalue weighted by Crippen LogP contribution is 2.28. The highest BCUT2D eigenvalue weighted by atomic mass is 35.5. The predicted octanol–water partition coefficient (Wildman–Crippen LogP) is 5.50. The highest BCUT2D eigenvalue weighted by Gasteiger charge is 2.12. The number of nitrogens with zero attached hydrogens (tertiary/aromatic N) is 3. The summed E-state index contributed by atoms with van der Waals surface area (Å²) in [4.78, 5) is 2.34. The smallest absolute Gasteiger partial charge is 0.100 e. The zero-order valence-corrected chi connectivity index (χ0v) is 16.8. The van der Waals surface area contributed by atoms with Crippen LogP contribution in [0.5, 0.6) is 0 Å². The molecule has 3 nitrogen and oxygen atoms in total. The first-order valence-corrected chi connectivity index (χ1v) is 9.19. The van der Waals surface area contributed by atoms with E-state index in [2.05, 4.69) is 72.1 Å². The van der Waals surface area contributed by atoms with Crippen LogP contribution < -0.4 is 0 Å². The van der Waals surface area contributed by atoms with Gasteiger partial charge < -0.3 is 0 Å². The topological polar surface area (TPSA) is 21.1 Å². The molecule has 0 amide bonds. The van der Waals surface area contributed by atoms with E-state index < -0.39 is 0 Å². The Morgan fingerprint density at radius 3 is 2.41 bits per heavy atom. The summed E-state index contributed by atoms with van der Waals surface area (Å²) in [6.45, 7) is 13.5. The van der Waals surface area contributed by atoms with Gasteiger partial charge in [-0.2, -0.15) is 5.10 Å². The Morgan fingerprint density at radius 2 is 1.74 bits per heavy atom. The van der Waals surface area contributed by atoms with Gasteiger partial charge in [-0.1, -0.05) is 54.1 Å². The molecule has 142 valence electrons. The van der Waals surface area contributed by atoms with Crippen molar-refractivity contribution < 1.29 is 0 Å². The Hall–Kier alpha value is -2.36. The van der Waals surface area contributed by atoms with E-state index in [0.29, 0.717) is 0 Å². The van der Waals surface area contributed by atoms with E-state index in [4.69, 9.17) is 5.10 Å². The largest absolute Gasteiger partial charge is 0.296 e. The summed E-state index contributed by atoms with van der Waals surface area (Å²) in [5.41, 5.74) is 4.70. The van der Waals surface area contributed by atoms with Gasteiger partial charge in [-0.05, 0) is 25.5 Å². The fourth-order valence-corrected chi connectivity index (χ4v) is 3.34. The third-order valence-electron chi connectivity index (χ3n) is 4.57. The number of hydrogen-bond acceptors (Lipinski definition) is 2. The highest BCUT2D eigenvalue weighted by molar-refractivity contribution is 5.93. The number of halogens is 1. The normalized spacial score (nSPS) is 10.7. The molecule has 4 heteroatoms. The number of aryl methyl sites for hydroxylation is 2. The minimum absolute atomic E-state index is 0. The lowest BCUT2D eigenvalue weighted by molar-refractivity contribution is 0.320. The van der Waals surface area contributed by atoms with E-state index in [9.17, 15) is 0 Å². The third-order valence-corrected chi connectivity index (χ3v) is 4.57. The van der Waals surface area contributed by atoms with Gasteiger partial charge in [0.25, 0.3) is 0 Å². The first-order chi connectivity index (χ1) is 12.7. The summed E-state index contributed by atoms with van der Waals surface area (Å²) >= 11 is 0. The maximum absolute atomic E-state index is 4.95. The number of benzene rings is 2. The Bertz CT molecular complexity index is 873. The van der Waals surface area contributed by atoms with E-state index in [0.717, 1.165) is 38.3 Å². The molecule has 0 unspecified atom stereocenters. The van der Waals surface area contributed by atoms with Crippen LogP contribution in [0.2, 0.25) is 0 Å². The molecule has 2 aromatic carbocycles. The quantitative estimate of drug-likeness (QED) is 0.456.